The van der Waals surface area contributed by atoms with Crippen molar-refractivity contribution < 1.29 is 0 Å². The van der Waals surface area contributed by atoms with Crippen LogP contribution in [0.25, 0.3) is 0 Å². The average molecular weight is 136 g/mol. The highest BCUT2D eigenvalue weighted by molar-refractivity contribution is 4.96. The zero-order valence-corrected chi connectivity index (χ0v) is 6.98. The van der Waals surface area contributed by atoms with Gasteiger partial charge in [0.1, 0.15) is 0 Å². The minimum absolute atomic E-state index is 0.563. The van der Waals surface area contributed by atoms with E-state index in [4.69, 9.17) is 6.42 Å². The van der Waals surface area contributed by atoms with Gasteiger partial charge in [0, 0.05) is 5.92 Å². The lowest BCUT2D eigenvalue weighted by Crippen LogP contribution is -2.20. The van der Waals surface area contributed by atoms with Gasteiger partial charge in [0.15, 0.2) is 0 Å². The van der Waals surface area contributed by atoms with Crippen molar-refractivity contribution in [3.63, 3.8) is 0 Å². The van der Waals surface area contributed by atoms with Crippen LogP contribution in [0.4, 0.5) is 0 Å². The molecule has 0 heteroatoms. The molecular weight excluding hydrogens is 120 g/mol. The molecule has 0 unspecified atom stereocenters. The van der Waals surface area contributed by atoms with Gasteiger partial charge in [-0.1, -0.05) is 13.8 Å². The summed E-state index contributed by atoms with van der Waals surface area (Å²) in [5, 5.41) is 0. The molecule has 0 saturated heterocycles. The van der Waals surface area contributed by atoms with E-state index in [1.165, 1.54) is 25.7 Å². The Balaban J connectivity index is 2.40. The molecule has 1 aliphatic carbocycles. The summed E-state index contributed by atoms with van der Waals surface area (Å²) < 4.78 is 0. The first kappa shape index (κ1) is 7.66. The van der Waals surface area contributed by atoms with Crippen LogP contribution in [0.15, 0.2) is 0 Å². The maximum Gasteiger partial charge on any atom is 0.0200 e. The molecular formula is C10H16. The fraction of sp³-hybridized carbons (Fsp3) is 0.800. The highest BCUT2D eigenvalue weighted by atomic mass is 14.3. The number of hydrogen-bond acceptors (Lipinski definition) is 0. The minimum atomic E-state index is 0.563. The summed E-state index contributed by atoms with van der Waals surface area (Å²) in [5.41, 5.74) is 0.563. The van der Waals surface area contributed by atoms with E-state index in [2.05, 4.69) is 19.8 Å². The number of rotatable bonds is 0. The maximum absolute atomic E-state index is 5.34. The monoisotopic (exact) mass is 136 g/mol. The lowest BCUT2D eigenvalue weighted by Gasteiger charge is -2.31. The zero-order chi connectivity index (χ0) is 7.61. The highest BCUT2D eigenvalue weighted by Gasteiger charge is 2.25. The molecule has 1 fully saturated rings. The van der Waals surface area contributed by atoms with Crippen molar-refractivity contribution in [1.29, 1.82) is 0 Å². The van der Waals surface area contributed by atoms with Crippen LogP contribution < -0.4 is 0 Å². The summed E-state index contributed by atoms with van der Waals surface area (Å²) in [6.07, 6.45) is 10.4. The van der Waals surface area contributed by atoms with Crippen molar-refractivity contribution in [2.24, 2.45) is 11.3 Å². The molecule has 0 aromatic heterocycles. The van der Waals surface area contributed by atoms with Crippen molar-refractivity contribution in [3.05, 3.63) is 0 Å². The van der Waals surface area contributed by atoms with Crippen LogP contribution in [0.3, 0.4) is 0 Å². The molecule has 1 rings (SSSR count). The SMILES string of the molecule is C#CC1CCC(C)(C)CC1. The van der Waals surface area contributed by atoms with Crippen molar-refractivity contribution in [2.45, 2.75) is 39.5 Å². The van der Waals surface area contributed by atoms with E-state index < -0.39 is 0 Å². The molecule has 0 radical (unpaired) electrons. The van der Waals surface area contributed by atoms with Crippen LogP contribution in [-0.2, 0) is 0 Å². The molecule has 0 aliphatic heterocycles. The van der Waals surface area contributed by atoms with Crippen molar-refractivity contribution in [3.8, 4) is 12.3 Å². The van der Waals surface area contributed by atoms with E-state index >= 15 is 0 Å². The molecule has 0 bridgehead atoms. The first-order valence-electron chi connectivity index (χ1n) is 4.10. The minimum Gasteiger partial charge on any atom is -0.120 e. The second-order valence-electron chi connectivity index (χ2n) is 4.11. The van der Waals surface area contributed by atoms with Crippen molar-refractivity contribution in [2.75, 3.05) is 0 Å². The Hall–Kier alpha value is -0.440. The van der Waals surface area contributed by atoms with Crippen molar-refractivity contribution in [1.82, 2.24) is 0 Å². The molecule has 0 atom stereocenters. The highest BCUT2D eigenvalue weighted by Crippen LogP contribution is 2.37. The Morgan fingerprint density at radius 3 is 2.20 bits per heavy atom. The molecule has 10 heavy (non-hydrogen) atoms. The van der Waals surface area contributed by atoms with Crippen LogP contribution in [0, 0.1) is 23.7 Å². The molecule has 0 aromatic rings. The second kappa shape index (κ2) is 2.66. The maximum atomic E-state index is 5.34. The van der Waals surface area contributed by atoms with E-state index in [1.807, 2.05) is 0 Å². The average Bonchev–Trinajstić information content (AvgIpc) is 1.88. The van der Waals surface area contributed by atoms with Gasteiger partial charge in [-0.3, -0.25) is 0 Å². The van der Waals surface area contributed by atoms with Gasteiger partial charge in [0.25, 0.3) is 0 Å². The Kier molecular flexibility index (Phi) is 2.04. The zero-order valence-electron chi connectivity index (χ0n) is 6.98. The molecule has 1 saturated carbocycles. The van der Waals surface area contributed by atoms with Gasteiger partial charge in [-0.05, 0) is 31.1 Å². The topological polar surface area (TPSA) is 0 Å². The quantitative estimate of drug-likeness (QED) is 0.449. The summed E-state index contributed by atoms with van der Waals surface area (Å²) in [4.78, 5) is 0. The standard InChI is InChI=1S/C10H16/c1-4-9-5-7-10(2,3)8-6-9/h1,9H,5-8H2,2-3H3. The van der Waals surface area contributed by atoms with E-state index in [0.29, 0.717) is 11.3 Å². The summed E-state index contributed by atoms with van der Waals surface area (Å²) in [7, 11) is 0. The predicted octanol–water partition coefficient (Wildman–Crippen LogP) is 2.84. The Morgan fingerprint density at radius 2 is 1.80 bits per heavy atom. The number of hydrogen-bond donors (Lipinski definition) is 0. The molecule has 0 spiro atoms. The smallest absolute Gasteiger partial charge is 0.0200 e. The van der Waals surface area contributed by atoms with Crippen molar-refractivity contribution >= 4 is 0 Å². The molecule has 0 amide bonds. The fourth-order valence-electron chi connectivity index (χ4n) is 1.57. The van der Waals surface area contributed by atoms with Crippen LogP contribution >= 0.6 is 0 Å². The first-order valence-corrected chi connectivity index (χ1v) is 4.10. The predicted molar refractivity (Wildman–Crippen MR) is 44.6 cm³/mol. The van der Waals surface area contributed by atoms with E-state index in [9.17, 15) is 0 Å². The van der Waals surface area contributed by atoms with Gasteiger partial charge in [-0.25, -0.2) is 0 Å². The van der Waals surface area contributed by atoms with E-state index in [-0.39, 0.29) is 0 Å². The van der Waals surface area contributed by atoms with Gasteiger partial charge < -0.3 is 0 Å². The summed E-state index contributed by atoms with van der Waals surface area (Å²) >= 11 is 0. The molecule has 0 aromatic carbocycles. The van der Waals surface area contributed by atoms with Gasteiger partial charge in [0.2, 0.25) is 0 Å². The van der Waals surface area contributed by atoms with Crippen LogP contribution in [0.5, 0.6) is 0 Å². The third kappa shape index (κ3) is 1.77. The summed E-state index contributed by atoms with van der Waals surface area (Å²) in [6.45, 7) is 4.67. The fourth-order valence-corrected chi connectivity index (χ4v) is 1.57. The van der Waals surface area contributed by atoms with Crippen LogP contribution in [0.2, 0.25) is 0 Å². The van der Waals surface area contributed by atoms with Crippen LogP contribution in [-0.4, -0.2) is 0 Å². The summed E-state index contributed by atoms with van der Waals surface area (Å²) in [5.74, 6) is 3.42. The van der Waals surface area contributed by atoms with Gasteiger partial charge in [-0.2, -0.15) is 0 Å². The van der Waals surface area contributed by atoms with Gasteiger partial charge in [-0.15, -0.1) is 12.3 Å². The molecule has 56 valence electrons. The van der Waals surface area contributed by atoms with Gasteiger partial charge in [0.05, 0.1) is 0 Å². The van der Waals surface area contributed by atoms with Crippen LogP contribution in [0.1, 0.15) is 39.5 Å². The number of terminal acetylenes is 1. The third-order valence-electron chi connectivity index (χ3n) is 2.57. The lowest BCUT2D eigenvalue weighted by molar-refractivity contribution is 0.217. The van der Waals surface area contributed by atoms with E-state index in [0.717, 1.165) is 0 Å². The summed E-state index contributed by atoms with van der Waals surface area (Å²) in [6, 6.07) is 0. The molecule has 0 N–H and O–H groups in total. The van der Waals surface area contributed by atoms with Gasteiger partial charge >= 0.3 is 0 Å². The molecule has 0 nitrogen and oxygen atoms in total. The lowest BCUT2D eigenvalue weighted by atomic mass is 9.73. The third-order valence-corrected chi connectivity index (χ3v) is 2.57. The Bertz CT molecular complexity index is 138. The normalized spacial score (nSPS) is 25.7. The second-order valence-corrected chi connectivity index (χ2v) is 4.11. The molecule has 1 aliphatic rings. The van der Waals surface area contributed by atoms with E-state index in [1.54, 1.807) is 0 Å². The largest absolute Gasteiger partial charge is 0.120 e. The Labute approximate surface area is 64.0 Å². The molecule has 0 heterocycles. The Morgan fingerprint density at radius 1 is 1.30 bits per heavy atom. The first-order chi connectivity index (χ1) is 4.64.